The summed E-state index contributed by atoms with van der Waals surface area (Å²) in [7, 11) is 0. The molecule has 6 N–H and O–H groups in total. The van der Waals surface area contributed by atoms with Crippen LogP contribution in [0.4, 0.5) is 0 Å². The standard InChI is InChI=1S/C24H25ClN2O7.H3NO/c1-3-26-24(31)22-21(23(34-27-22)16-12-17(25)19(29)13-18(16)28)14-7-9-15(10-8-14)33-11-5-6-20(30)32-4-2;1-2/h7-10,12-13,28-29H,3-6,11H2,1-2H3,(H,26,31);2H,1H2. The Morgan fingerprint density at radius 1 is 1.11 bits per heavy atom. The van der Waals surface area contributed by atoms with Crippen LogP contribution in [0.1, 0.15) is 37.2 Å². The van der Waals surface area contributed by atoms with E-state index in [1.807, 2.05) is 0 Å². The number of benzene rings is 2. The first-order valence-electron chi connectivity index (χ1n) is 11.0. The van der Waals surface area contributed by atoms with E-state index in [9.17, 15) is 19.8 Å². The van der Waals surface area contributed by atoms with Gasteiger partial charge < -0.3 is 34.7 Å². The number of carbonyl (C=O) groups excluding carboxylic acids is 2. The maximum atomic E-state index is 12.6. The van der Waals surface area contributed by atoms with Gasteiger partial charge in [-0.1, -0.05) is 28.9 Å². The van der Waals surface area contributed by atoms with Gasteiger partial charge in [0.15, 0.2) is 11.5 Å². The largest absolute Gasteiger partial charge is 0.507 e. The van der Waals surface area contributed by atoms with Gasteiger partial charge >= 0.3 is 5.97 Å². The van der Waals surface area contributed by atoms with E-state index in [1.165, 1.54) is 6.07 Å². The van der Waals surface area contributed by atoms with Crippen molar-refractivity contribution >= 4 is 23.5 Å². The van der Waals surface area contributed by atoms with E-state index in [0.717, 1.165) is 6.07 Å². The highest BCUT2D eigenvalue weighted by Gasteiger charge is 2.26. The van der Waals surface area contributed by atoms with Gasteiger partial charge in [0.2, 0.25) is 0 Å². The fourth-order valence-corrected chi connectivity index (χ4v) is 3.39. The van der Waals surface area contributed by atoms with Gasteiger partial charge in [-0.15, -0.1) is 0 Å². The van der Waals surface area contributed by atoms with Crippen LogP contribution < -0.4 is 16.0 Å². The number of esters is 1. The van der Waals surface area contributed by atoms with E-state index < -0.39 is 5.91 Å². The highest BCUT2D eigenvalue weighted by atomic mass is 35.5. The Morgan fingerprint density at radius 3 is 2.44 bits per heavy atom. The van der Waals surface area contributed by atoms with Crippen molar-refractivity contribution < 1.29 is 39.0 Å². The number of hydrogen-bond donors (Lipinski definition) is 5. The lowest BCUT2D eigenvalue weighted by Gasteiger charge is -2.09. The van der Waals surface area contributed by atoms with Crippen LogP contribution in [0.15, 0.2) is 40.9 Å². The van der Waals surface area contributed by atoms with E-state index >= 15 is 0 Å². The molecule has 0 fully saturated rings. The molecule has 3 rings (SSSR count). The van der Waals surface area contributed by atoms with Crippen molar-refractivity contribution in [3.63, 3.8) is 0 Å². The van der Waals surface area contributed by atoms with E-state index in [2.05, 4.69) is 16.4 Å². The van der Waals surface area contributed by atoms with Gasteiger partial charge in [0.25, 0.3) is 5.91 Å². The summed E-state index contributed by atoms with van der Waals surface area (Å²) in [4.78, 5) is 24.0. The number of rotatable bonds is 10. The first kappa shape index (κ1) is 28.4. The quantitative estimate of drug-likeness (QED) is 0.149. The van der Waals surface area contributed by atoms with Crippen LogP contribution in [-0.2, 0) is 9.53 Å². The summed E-state index contributed by atoms with van der Waals surface area (Å²) in [5.41, 5.74) is 1.13. The summed E-state index contributed by atoms with van der Waals surface area (Å²) in [5.74, 6) is 2.89. The summed E-state index contributed by atoms with van der Waals surface area (Å²) < 4.78 is 16.0. The Bertz CT molecular complexity index is 1160. The number of amides is 1. The molecule has 0 aliphatic heterocycles. The minimum absolute atomic E-state index is 0.00118. The summed E-state index contributed by atoms with van der Waals surface area (Å²) in [5, 5.41) is 33.2. The third-order valence-electron chi connectivity index (χ3n) is 4.80. The number of hydrogen-bond acceptors (Lipinski definition) is 10. The number of nitrogens with two attached hydrogens (primary N) is 1. The molecule has 0 spiro atoms. The molecule has 194 valence electrons. The molecule has 0 aliphatic carbocycles. The number of nitrogens with one attached hydrogen (secondary N) is 1. The monoisotopic (exact) mass is 521 g/mol. The van der Waals surface area contributed by atoms with Gasteiger partial charge in [0.05, 0.1) is 29.4 Å². The molecule has 1 heterocycles. The zero-order valence-corrected chi connectivity index (χ0v) is 20.5. The number of carbonyl (C=O) groups is 2. The lowest BCUT2D eigenvalue weighted by atomic mass is 9.98. The molecule has 0 unspecified atom stereocenters. The third kappa shape index (κ3) is 7.11. The second-order valence-corrected chi connectivity index (χ2v) is 7.60. The second kappa shape index (κ2) is 13.9. The van der Waals surface area contributed by atoms with E-state index in [0.29, 0.717) is 43.1 Å². The Kier molecular flexibility index (Phi) is 11.0. The average molecular weight is 522 g/mol. The fourth-order valence-electron chi connectivity index (χ4n) is 3.23. The van der Waals surface area contributed by atoms with Crippen molar-refractivity contribution in [1.82, 2.24) is 10.5 Å². The fraction of sp³-hybridized carbons (Fsp3) is 0.292. The van der Waals surface area contributed by atoms with Crippen LogP contribution in [0.2, 0.25) is 5.02 Å². The molecule has 0 saturated carbocycles. The summed E-state index contributed by atoms with van der Waals surface area (Å²) in [6, 6.07) is 9.28. The second-order valence-electron chi connectivity index (χ2n) is 7.20. The number of halogens is 1. The number of aromatic hydroxyl groups is 2. The van der Waals surface area contributed by atoms with Crippen LogP contribution in [0.3, 0.4) is 0 Å². The van der Waals surface area contributed by atoms with Gasteiger partial charge in [-0.25, -0.2) is 5.90 Å². The summed E-state index contributed by atoms with van der Waals surface area (Å²) in [6.45, 7) is 4.60. The molecule has 2 aromatic carbocycles. The van der Waals surface area contributed by atoms with Crippen molar-refractivity contribution in [3.8, 4) is 39.7 Å². The molecule has 1 amide bonds. The van der Waals surface area contributed by atoms with Crippen LogP contribution >= 0.6 is 11.6 Å². The van der Waals surface area contributed by atoms with Crippen molar-refractivity contribution in [2.45, 2.75) is 26.7 Å². The van der Waals surface area contributed by atoms with Crippen molar-refractivity contribution in [1.29, 1.82) is 0 Å². The molecule has 3 aromatic rings. The Labute approximate surface area is 212 Å². The molecule has 0 bridgehead atoms. The van der Waals surface area contributed by atoms with Gasteiger partial charge in [-0.2, -0.15) is 0 Å². The van der Waals surface area contributed by atoms with Gasteiger partial charge in [0, 0.05) is 19.0 Å². The van der Waals surface area contributed by atoms with Crippen molar-refractivity contribution in [2.24, 2.45) is 5.90 Å². The first-order chi connectivity index (χ1) is 17.3. The molecule has 36 heavy (non-hydrogen) atoms. The molecule has 0 saturated heterocycles. The van der Waals surface area contributed by atoms with E-state index in [1.54, 1.807) is 38.1 Å². The Balaban J connectivity index is 0.00000222. The molecule has 11 nitrogen and oxygen atoms in total. The maximum Gasteiger partial charge on any atom is 0.305 e. The van der Waals surface area contributed by atoms with E-state index in [4.69, 9.17) is 30.8 Å². The zero-order chi connectivity index (χ0) is 26.7. The number of ether oxygens (including phenoxy) is 2. The predicted molar refractivity (Wildman–Crippen MR) is 131 cm³/mol. The smallest absolute Gasteiger partial charge is 0.305 e. The number of nitrogens with zero attached hydrogens (tertiary/aromatic N) is 1. The molecule has 0 radical (unpaired) electrons. The third-order valence-corrected chi connectivity index (χ3v) is 5.10. The molecule has 0 atom stereocenters. The molecular formula is C24H28ClN3O8. The summed E-state index contributed by atoms with van der Waals surface area (Å²) >= 11 is 6.02. The average Bonchev–Trinajstić information content (AvgIpc) is 3.31. The van der Waals surface area contributed by atoms with Crippen LogP contribution in [0, 0.1) is 0 Å². The normalized spacial score (nSPS) is 10.2. The van der Waals surface area contributed by atoms with Crippen molar-refractivity contribution in [3.05, 3.63) is 47.1 Å². The lowest BCUT2D eigenvalue weighted by Crippen LogP contribution is -2.23. The van der Waals surface area contributed by atoms with Crippen molar-refractivity contribution in [2.75, 3.05) is 19.8 Å². The van der Waals surface area contributed by atoms with Gasteiger partial charge in [-0.05, 0) is 44.0 Å². The zero-order valence-electron chi connectivity index (χ0n) is 19.8. The minimum Gasteiger partial charge on any atom is -0.507 e. The number of aromatic nitrogens is 1. The molecule has 12 heteroatoms. The highest BCUT2D eigenvalue weighted by molar-refractivity contribution is 6.32. The van der Waals surface area contributed by atoms with Gasteiger partial charge in [0.1, 0.15) is 17.2 Å². The predicted octanol–water partition coefficient (Wildman–Crippen LogP) is 3.88. The molecule has 0 aliphatic rings. The highest BCUT2D eigenvalue weighted by Crippen LogP contribution is 2.43. The Morgan fingerprint density at radius 2 is 1.81 bits per heavy atom. The van der Waals surface area contributed by atoms with Crippen LogP contribution in [0.5, 0.6) is 17.2 Å². The van der Waals surface area contributed by atoms with E-state index in [-0.39, 0.29) is 45.9 Å². The van der Waals surface area contributed by atoms with Gasteiger partial charge in [-0.3, -0.25) is 9.59 Å². The number of phenolic OH excluding ortho intramolecular Hbond substituents is 2. The summed E-state index contributed by atoms with van der Waals surface area (Å²) in [6.07, 6.45) is 0.781. The first-order valence-corrected chi connectivity index (χ1v) is 11.4. The SMILES string of the molecule is CCNC(=O)c1noc(-c2cc(Cl)c(O)cc2O)c1-c1ccc(OCCCC(=O)OCC)cc1.NO. The lowest BCUT2D eigenvalue weighted by molar-refractivity contribution is -0.143. The molecule has 1 aromatic heterocycles. The topological polar surface area (TPSA) is 177 Å². The van der Waals surface area contributed by atoms with Crippen LogP contribution in [-0.4, -0.2) is 52.2 Å². The maximum absolute atomic E-state index is 12.6. The van der Waals surface area contributed by atoms with Crippen LogP contribution in [0.25, 0.3) is 22.5 Å². The minimum atomic E-state index is -0.448. The molecular weight excluding hydrogens is 494 g/mol. The number of phenols is 2. The Hall–Kier alpha value is -3.80.